The van der Waals surface area contributed by atoms with Crippen LogP contribution in [0.2, 0.25) is 0 Å². The molecule has 0 fully saturated rings. The Morgan fingerprint density at radius 2 is 1.84 bits per heavy atom. The van der Waals surface area contributed by atoms with E-state index in [1.807, 2.05) is 0 Å². The minimum absolute atomic E-state index is 0.303. The molecule has 1 aromatic carbocycles. The maximum atomic E-state index is 10.9. The number of nitrogens with zero attached hydrogens (tertiary/aromatic N) is 1. The molecule has 6 heteroatoms. The van der Waals surface area contributed by atoms with Gasteiger partial charge in [0.25, 0.3) is 5.24 Å². The molecule has 1 aromatic heterocycles. The first-order chi connectivity index (χ1) is 9.06. The summed E-state index contributed by atoms with van der Waals surface area (Å²) >= 11 is 5.33. The molecule has 0 saturated heterocycles. The van der Waals surface area contributed by atoms with E-state index >= 15 is 0 Å². The van der Waals surface area contributed by atoms with Crippen molar-refractivity contribution in [1.29, 1.82) is 0 Å². The van der Waals surface area contributed by atoms with E-state index in [1.165, 1.54) is 12.1 Å². The monoisotopic (exact) mass is 277 g/mol. The third kappa shape index (κ3) is 3.29. The zero-order valence-corrected chi connectivity index (χ0v) is 10.3. The third-order valence-corrected chi connectivity index (χ3v) is 2.59. The van der Waals surface area contributed by atoms with Gasteiger partial charge in [-0.2, -0.15) is 0 Å². The van der Waals surface area contributed by atoms with E-state index in [1.54, 1.807) is 36.4 Å². The van der Waals surface area contributed by atoms with Crippen LogP contribution < -0.4 is 0 Å². The topological polar surface area (TPSA) is 73.3 Å². The Bertz CT molecular complexity index is 643. The summed E-state index contributed by atoms with van der Waals surface area (Å²) in [4.78, 5) is 20.7. The smallest absolute Gasteiger partial charge is 0.401 e. The summed E-state index contributed by atoms with van der Waals surface area (Å²) in [7, 11) is 0. The van der Waals surface area contributed by atoms with Crippen molar-refractivity contribution in [2.75, 3.05) is 0 Å². The zero-order chi connectivity index (χ0) is 13.8. The second-order valence-electron chi connectivity index (χ2n) is 3.66. The molecular formula is C13H8ClNO4. The minimum Gasteiger partial charge on any atom is -0.401 e. The van der Waals surface area contributed by atoms with Gasteiger partial charge in [0.2, 0.25) is 0 Å². The van der Waals surface area contributed by atoms with Crippen LogP contribution in [-0.2, 0) is 0 Å². The Hall–Kier alpha value is -2.40. The van der Waals surface area contributed by atoms with Crippen LogP contribution in [0.5, 0.6) is 0 Å². The molecule has 0 spiro atoms. The van der Waals surface area contributed by atoms with Gasteiger partial charge in [-0.3, -0.25) is 14.9 Å². The lowest BCUT2D eigenvalue weighted by Gasteiger charge is -1.95. The van der Waals surface area contributed by atoms with Crippen molar-refractivity contribution in [2.45, 2.75) is 0 Å². The summed E-state index contributed by atoms with van der Waals surface area (Å²) in [6, 6.07) is 9.41. The first-order valence-corrected chi connectivity index (χ1v) is 5.66. The van der Waals surface area contributed by atoms with E-state index < -0.39 is 10.2 Å². The maximum absolute atomic E-state index is 10.9. The predicted octanol–water partition coefficient (Wildman–Crippen LogP) is 3.74. The van der Waals surface area contributed by atoms with Crippen molar-refractivity contribution in [3.05, 3.63) is 63.4 Å². The lowest BCUT2D eigenvalue weighted by atomic mass is 10.1. The molecule has 0 atom stereocenters. The Balaban J connectivity index is 2.13. The third-order valence-electron chi connectivity index (χ3n) is 2.37. The number of carbonyl (C=O) groups excluding carboxylic acids is 1. The van der Waals surface area contributed by atoms with Gasteiger partial charge in [-0.05, 0) is 41.4 Å². The van der Waals surface area contributed by atoms with Gasteiger partial charge in [-0.1, -0.05) is 18.2 Å². The van der Waals surface area contributed by atoms with E-state index in [0.29, 0.717) is 11.3 Å². The van der Waals surface area contributed by atoms with Crippen molar-refractivity contribution in [2.24, 2.45) is 0 Å². The molecule has 5 nitrogen and oxygen atoms in total. The second kappa shape index (κ2) is 5.49. The molecule has 2 rings (SSSR count). The van der Waals surface area contributed by atoms with Crippen molar-refractivity contribution < 1.29 is 14.1 Å². The number of nitro groups is 1. The second-order valence-corrected chi connectivity index (χ2v) is 4.01. The molecule has 1 heterocycles. The standard InChI is InChI=1S/C13H8ClNO4/c14-13(16)10-4-1-9(2-5-10)3-6-11-7-8-12(19-11)15(17)18/h1-8H/b6-3+. The maximum Gasteiger partial charge on any atom is 0.433 e. The summed E-state index contributed by atoms with van der Waals surface area (Å²) < 4.78 is 4.97. The number of hydrogen-bond acceptors (Lipinski definition) is 4. The Kier molecular flexibility index (Phi) is 3.77. The minimum atomic E-state index is -0.599. The highest BCUT2D eigenvalue weighted by molar-refractivity contribution is 6.67. The number of halogens is 1. The SMILES string of the molecule is O=C(Cl)c1ccc(/C=C/c2ccc([N+](=O)[O-])o2)cc1. The van der Waals surface area contributed by atoms with Gasteiger partial charge in [0.05, 0.1) is 6.07 Å². The molecular weight excluding hydrogens is 270 g/mol. The van der Waals surface area contributed by atoms with Crippen LogP contribution >= 0.6 is 11.6 Å². The summed E-state index contributed by atoms with van der Waals surface area (Å²) in [5, 5.41) is 9.92. The molecule has 0 radical (unpaired) electrons. The number of carbonyl (C=O) groups is 1. The Labute approximate surface area is 113 Å². The first-order valence-electron chi connectivity index (χ1n) is 5.28. The van der Waals surface area contributed by atoms with Gasteiger partial charge in [0.1, 0.15) is 10.7 Å². The highest BCUT2D eigenvalue weighted by Crippen LogP contribution is 2.18. The van der Waals surface area contributed by atoms with Gasteiger partial charge in [-0.15, -0.1) is 0 Å². The normalized spacial score (nSPS) is 10.8. The predicted molar refractivity (Wildman–Crippen MR) is 70.9 cm³/mol. The van der Waals surface area contributed by atoms with E-state index in [4.69, 9.17) is 16.0 Å². The average molecular weight is 278 g/mol. The van der Waals surface area contributed by atoms with Crippen LogP contribution in [0.4, 0.5) is 5.88 Å². The van der Waals surface area contributed by atoms with Crippen LogP contribution in [0.15, 0.2) is 40.8 Å². The van der Waals surface area contributed by atoms with Gasteiger partial charge >= 0.3 is 5.88 Å². The van der Waals surface area contributed by atoms with E-state index in [2.05, 4.69) is 0 Å². The Morgan fingerprint density at radius 1 is 1.16 bits per heavy atom. The summed E-state index contributed by atoms with van der Waals surface area (Å²) in [5.41, 5.74) is 1.23. The van der Waals surface area contributed by atoms with Crippen molar-refractivity contribution in [1.82, 2.24) is 0 Å². The molecule has 0 unspecified atom stereocenters. The fraction of sp³-hybridized carbons (Fsp3) is 0. The number of rotatable bonds is 4. The number of benzene rings is 1. The van der Waals surface area contributed by atoms with E-state index in [0.717, 1.165) is 5.56 Å². The van der Waals surface area contributed by atoms with Crippen LogP contribution in [0, 0.1) is 10.1 Å². The van der Waals surface area contributed by atoms with Crippen molar-refractivity contribution in [3.8, 4) is 0 Å². The van der Waals surface area contributed by atoms with Crippen molar-refractivity contribution >= 4 is 34.9 Å². The van der Waals surface area contributed by atoms with Crippen molar-refractivity contribution in [3.63, 3.8) is 0 Å². The molecule has 0 N–H and O–H groups in total. The van der Waals surface area contributed by atoms with Gasteiger partial charge in [0.15, 0.2) is 0 Å². The Morgan fingerprint density at radius 3 is 2.37 bits per heavy atom. The summed E-state index contributed by atoms with van der Waals surface area (Å²) in [6.07, 6.45) is 3.32. The molecule has 0 aliphatic rings. The molecule has 0 aliphatic carbocycles. The van der Waals surface area contributed by atoms with E-state index in [-0.39, 0.29) is 5.88 Å². The fourth-order valence-corrected chi connectivity index (χ4v) is 1.56. The van der Waals surface area contributed by atoms with Gasteiger partial charge in [0, 0.05) is 5.56 Å². The van der Waals surface area contributed by atoms with Gasteiger partial charge < -0.3 is 4.42 Å². The van der Waals surface area contributed by atoms with Crippen LogP contribution in [0.25, 0.3) is 12.2 Å². The molecule has 0 saturated carbocycles. The summed E-state index contributed by atoms with van der Waals surface area (Å²) in [5.74, 6) is 0.0759. The first kappa shape index (κ1) is 13.0. The number of hydrogen-bond donors (Lipinski definition) is 0. The molecule has 19 heavy (non-hydrogen) atoms. The highest BCUT2D eigenvalue weighted by atomic mass is 35.5. The molecule has 0 amide bonds. The highest BCUT2D eigenvalue weighted by Gasteiger charge is 2.09. The fourth-order valence-electron chi connectivity index (χ4n) is 1.43. The summed E-state index contributed by atoms with van der Waals surface area (Å²) in [6.45, 7) is 0. The largest absolute Gasteiger partial charge is 0.433 e. The van der Waals surface area contributed by atoms with E-state index in [9.17, 15) is 14.9 Å². The average Bonchev–Trinajstić information content (AvgIpc) is 2.86. The molecule has 0 bridgehead atoms. The lowest BCUT2D eigenvalue weighted by Crippen LogP contribution is -1.87. The molecule has 0 aliphatic heterocycles. The zero-order valence-electron chi connectivity index (χ0n) is 9.58. The van der Waals surface area contributed by atoms with Gasteiger partial charge in [-0.25, -0.2) is 0 Å². The van der Waals surface area contributed by atoms with Crippen LogP contribution in [-0.4, -0.2) is 10.2 Å². The molecule has 2 aromatic rings. The quantitative estimate of drug-likeness (QED) is 0.485. The number of furan rings is 1. The van der Waals surface area contributed by atoms with Crippen LogP contribution in [0.3, 0.4) is 0 Å². The molecule has 96 valence electrons. The lowest BCUT2D eigenvalue weighted by molar-refractivity contribution is -0.402. The van der Waals surface area contributed by atoms with Crippen LogP contribution in [0.1, 0.15) is 21.7 Å².